The molecule has 0 aromatic carbocycles. The van der Waals surface area contributed by atoms with Gasteiger partial charge in [-0.2, -0.15) is 0 Å². The fourth-order valence-electron chi connectivity index (χ4n) is 2.87. The highest BCUT2D eigenvalue weighted by atomic mass is 16.3. The molecule has 2 heterocycles. The minimum Gasteiger partial charge on any atom is -0.447 e. The van der Waals surface area contributed by atoms with Gasteiger partial charge in [-0.1, -0.05) is 6.42 Å². The van der Waals surface area contributed by atoms with Crippen molar-refractivity contribution in [2.45, 2.75) is 58.0 Å². The standard InChI is InChI=1S/C15H27N3O/c1-12(2)18-10-5-4-8-14(18)15-17-13(11-19-15)7-6-9-16-3/h11-12,14,16H,4-10H2,1-3H3. The van der Waals surface area contributed by atoms with E-state index in [2.05, 4.69) is 24.1 Å². The van der Waals surface area contributed by atoms with Crippen LogP contribution in [-0.2, 0) is 6.42 Å². The van der Waals surface area contributed by atoms with Gasteiger partial charge in [0.25, 0.3) is 0 Å². The van der Waals surface area contributed by atoms with Gasteiger partial charge in [0, 0.05) is 6.04 Å². The lowest BCUT2D eigenvalue weighted by molar-refractivity contribution is 0.0924. The highest BCUT2D eigenvalue weighted by molar-refractivity contribution is 5.02. The summed E-state index contributed by atoms with van der Waals surface area (Å²) >= 11 is 0. The van der Waals surface area contributed by atoms with Crippen LogP contribution in [-0.4, -0.2) is 36.1 Å². The third-order valence-corrected chi connectivity index (χ3v) is 3.92. The second-order valence-corrected chi connectivity index (χ2v) is 5.73. The molecule has 1 N–H and O–H groups in total. The van der Waals surface area contributed by atoms with Crippen molar-refractivity contribution < 1.29 is 4.42 Å². The minimum atomic E-state index is 0.381. The molecule has 1 unspecified atom stereocenters. The fraction of sp³-hybridized carbons (Fsp3) is 0.800. The van der Waals surface area contributed by atoms with E-state index < -0.39 is 0 Å². The van der Waals surface area contributed by atoms with E-state index in [-0.39, 0.29) is 0 Å². The maximum atomic E-state index is 5.74. The molecule has 0 amide bonds. The molecule has 1 aliphatic rings. The second kappa shape index (κ2) is 7.06. The number of likely N-dealkylation sites (tertiary alicyclic amines) is 1. The van der Waals surface area contributed by atoms with Crippen molar-refractivity contribution >= 4 is 0 Å². The first-order valence-corrected chi connectivity index (χ1v) is 7.57. The second-order valence-electron chi connectivity index (χ2n) is 5.73. The molecular weight excluding hydrogens is 238 g/mol. The molecule has 108 valence electrons. The molecule has 0 bridgehead atoms. The van der Waals surface area contributed by atoms with E-state index in [0.29, 0.717) is 12.1 Å². The summed E-state index contributed by atoms with van der Waals surface area (Å²) in [7, 11) is 1.98. The highest BCUT2D eigenvalue weighted by Crippen LogP contribution is 2.31. The van der Waals surface area contributed by atoms with Crippen LogP contribution in [0.15, 0.2) is 10.7 Å². The van der Waals surface area contributed by atoms with Crippen LogP contribution in [0.25, 0.3) is 0 Å². The number of hydrogen-bond donors (Lipinski definition) is 1. The van der Waals surface area contributed by atoms with Gasteiger partial charge in [0.1, 0.15) is 6.26 Å². The Balaban J connectivity index is 1.99. The summed E-state index contributed by atoms with van der Waals surface area (Å²) in [4.78, 5) is 7.22. The van der Waals surface area contributed by atoms with Gasteiger partial charge in [0.2, 0.25) is 5.89 Å². The molecule has 1 saturated heterocycles. The van der Waals surface area contributed by atoms with E-state index in [1.807, 2.05) is 13.3 Å². The summed E-state index contributed by atoms with van der Waals surface area (Å²) < 4.78 is 5.74. The van der Waals surface area contributed by atoms with E-state index in [9.17, 15) is 0 Å². The number of nitrogens with one attached hydrogen (secondary N) is 1. The summed E-state index contributed by atoms with van der Waals surface area (Å²) in [5.41, 5.74) is 1.10. The largest absolute Gasteiger partial charge is 0.447 e. The van der Waals surface area contributed by atoms with Crippen molar-refractivity contribution in [3.63, 3.8) is 0 Å². The van der Waals surface area contributed by atoms with Gasteiger partial charge in [-0.15, -0.1) is 0 Å². The summed E-state index contributed by atoms with van der Waals surface area (Å²) in [6, 6.07) is 0.941. The number of nitrogens with zero attached hydrogens (tertiary/aromatic N) is 2. The van der Waals surface area contributed by atoms with Gasteiger partial charge in [0.15, 0.2) is 0 Å². The van der Waals surface area contributed by atoms with Crippen molar-refractivity contribution in [3.8, 4) is 0 Å². The van der Waals surface area contributed by atoms with Crippen LogP contribution in [0.3, 0.4) is 0 Å². The van der Waals surface area contributed by atoms with Crippen molar-refractivity contribution in [3.05, 3.63) is 17.8 Å². The third-order valence-electron chi connectivity index (χ3n) is 3.92. The zero-order valence-corrected chi connectivity index (χ0v) is 12.5. The molecule has 2 rings (SSSR count). The van der Waals surface area contributed by atoms with Crippen molar-refractivity contribution in [2.75, 3.05) is 20.1 Å². The first-order chi connectivity index (χ1) is 9.22. The molecule has 1 aromatic heterocycles. The Hall–Kier alpha value is -0.870. The Labute approximate surface area is 116 Å². The van der Waals surface area contributed by atoms with E-state index >= 15 is 0 Å². The van der Waals surface area contributed by atoms with Crippen LogP contribution in [0.5, 0.6) is 0 Å². The Kier molecular flexibility index (Phi) is 5.40. The third kappa shape index (κ3) is 3.80. The molecule has 0 aliphatic carbocycles. The summed E-state index contributed by atoms with van der Waals surface area (Å²) in [5.74, 6) is 0.924. The predicted octanol–water partition coefficient (Wildman–Crippen LogP) is 2.76. The minimum absolute atomic E-state index is 0.381. The monoisotopic (exact) mass is 265 g/mol. The van der Waals surface area contributed by atoms with Gasteiger partial charge in [-0.05, 0) is 59.7 Å². The predicted molar refractivity (Wildman–Crippen MR) is 77.2 cm³/mol. The van der Waals surface area contributed by atoms with Gasteiger partial charge in [-0.25, -0.2) is 4.98 Å². The normalized spacial score (nSPS) is 21.2. The number of rotatable bonds is 6. The van der Waals surface area contributed by atoms with E-state index in [4.69, 9.17) is 9.40 Å². The number of hydrogen-bond acceptors (Lipinski definition) is 4. The molecule has 4 heteroatoms. The molecule has 0 saturated carbocycles. The quantitative estimate of drug-likeness (QED) is 0.803. The summed E-state index contributed by atoms with van der Waals surface area (Å²) in [6.45, 7) is 6.72. The molecule has 1 aliphatic heterocycles. The maximum Gasteiger partial charge on any atom is 0.211 e. The Morgan fingerprint density at radius 3 is 3.05 bits per heavy atom. The van der Waals surface area contributed by atoms with Crippen molar-refractivity contribution in [2.24, 2.45) is 0 Å². The van der Waals surface area contributed by atoms with Crippen LogP contribution in [0.1, 0.15) is 57.2 Å². The summed E-state index contributed by atoms with van der Waals surface area (Å²) in [5, 5.41) is 3.16. The summed E-state index contributed by atoms with van der Waals surface area (Å²) in [6.07, 6.45) is 7.71. The first-order valence-electron chi connectivity index (χ1n) is 7.57. The van der Waals surface area contributed by atoms with Crippen LogP contribution in [0.2, 0.25) is 0 Å². The lowest BCUT2D eigenvalue weighted by Crippen LogP contribution is -2.38. The average Bonchev–Trinajstić information content (AvgIpc) is 2.88. The zero-order chi connectivity index (χ0) is 13.7. The smallest absolute Gasteiger partial charge is 0.211 e. The van der Waals surface area contributed by atoms with Gasteiger partial charge >= 0.3 is 0 Å². The van der Waals surface area contributed by atoms with Crippen LogP contribution in [0, 0.1) is 0 Å². The Morgan fingerprint density at radius 2 is 2.32 bits per heavy atom. The number of aromatic nitrogens is 1. The molecule has 0 spiro atoms. The maximum absolute atomic E-state index is 5.74. The lowest BCUT2D eigenvalue weighted by atomic mass is 10.0. The Bertz CT molecular complexity index is 375. The van der Waals surface area contributed by atoms with Crippen molar-refractivity contribution in [1.29, 1.82) is 0 Å². The Morgan fingerprint density at radius 1 is 1.47 bits per heavy atom. The zero-order valence-electron chi connectivity index (χ0n) is 12.5. The molecule has 1 aromatic rings. The molecular formula is C15H27N3O. The molecule has 4 nitrogen and oxygen atoms in total. The van der Waals surface area contributed by atoms with E-state index in [1.165, 1.54) is 25.8 Å². The fourth-order valence-corrected chi connectivity index (χ4v) is 2.87. The van der Waals surface area contributed by atoms with Crippen LogP contribution < -0.4 is 5.32 Å². The van der Waals surface area contributed by atoms with E-state index in [1.54, 1.807) is 0 Å². The molecule has 1 atom stereocenters. The molecule has 0 radical (unpaired) electrons. The van der Waals surface area contributed by atoms with E-state index in [0.717, 1.165) is 31.0 Å². The highest BCUT2D eigenvalue weighted by Gasteiger charge is 2.29. The number of aryl methyl sites for hydroxylation is 1. The van der Waals surface area contributed by atoms with Gasteiger partial charge in [0.05, 0.1) is 11.7 Å². The number of piperidine rings is 1. The number of oxazole rings is 1. The molecule has 1 fully saturated rings. The van der Waals surface area contributed by atoms with Crippen LogP contribution >= 0.6 is 0 Å². The van der Waals surface area contributed by atoms with Crippen LogP contribution in [0.4, 0.5) is 0 Å². The first kappa shape index (κ1) is 14.5. The topological polar surface area (TPSA) is 41.3 Å². The van der Waals surface area contributed by atoms with Gasteiger partial charge < -0.3 is 9.73 Å². The SMILES string of the molecule is CNCCCc1coc(C2CCCCN2C(C)C)n1. The average molecular weight is 265 g/mol. The molecule has 19 heavy (non-hydrogen) atoms. The van der Waals surface area contributed by atoms with Crippen molar-refractivity contribution in [1.82, 2.24) is 15.2 Å². The van der Waals surface area contributed by atoms with Gasteiger partial charge in [-0.3, -0.25) is 4.90 Å². The lowest BCUT2D eigenvalue weighted by Gasteiger charge is -2.36.